The molecular formula is C16H16N2O3. The summed E-state index contributed by atoms with van der Waals surface area (Å²) in [4.78, 5) is 23.6. The molecule has 0 aliphatic carbocycles. The van der Waals surface area contributed by atoms with E-state index in [9.17, 15) is 14.7 Å². The first kappa shape index (κ1) is 14.6. The number of anilines is 1. The fourth-order valence-corrected chi connectivity index (χ4v) is 1.81. The van der Waals surface area contributed by atoms with E-state index in [2.05, 4.69) is 10.6 Å². The predicted molar refractivity (Wildman–Crippen MR) is 80.2 cm³/mol. The molecule has 0 saturated carbocycles. The highest BCUT2D eigenvalue weighted by Gasteiger charge is 2.09. The molecule has 0 unspecified atom stereocenters. The summed E-state index contributed by atoms with van der Waals surface area (Å²) < 4.78 is 0. The van der Waals surface area contributed by atoms with Gasteiger partial charge in [0.25, 0.3) is 5.91 Å². The number of carbonyl (C=O) groups is 2. The highest BCUT2D eigenvalue weighted by Crippen LogP contribution is 2.23. The number of amides is 2. The first-order valence-electron chi connectivity index (χ1n) is 6.49. The van der Waals surface area contributed by atoms with Gasteiger partial charge in [0, 0.05) is 16.8 Å². The molecule has 2 aromatic rings. The van der Waals surface area contributed by atoms with Gasteiger partial charge in [0.05, 0.1) is 6.54 Å². The Labute approximate surface area is 122 Å². The van der Waals surface area contributed by atoms with Gasteiger partial charge in [-0.05, 0) is 31.2 Å². The average Bonchev–Trinajstić information content (AvgIpc) is 2.50. The van der Waals surface area contributed by atoms with E-state index < -0.39 is 0 Å². The van der Waals surface area contributed by atoms with Gasteiger partial charge in [-0.15, -0.1) is 0 Å². The largest absolute Gasteiger partial charge is 0.508 e. The lowest BCUT2D eigenvalue weighted by atomic mass is 10.2. The van der Waals surface area contributed by atoms with E-state index >= 15 is 0 Å². The summed E-state index contributed by atoms with van der Waals surface area (Å²) in [6, 6.07) is 13.5. The van der Waals surface area contributed by atoms with Gasteiger partial charge in [0.1, 0.15) is 5.75 Å². The van der Waals surface area contributed by atoms with Crippen molar-refractivity contribution in [2.45, 2.75) is 6.92 Å². The lowest BCUT2D eigenvalue weighted by Crippen LogP contribution is -2.32. The predicted octanol–water partition coefficient (Wildman–Crippen LogP) is 2.07. The van der Waals surface area contributed by atoms with Gasteiger partial charge in [0.15, 0.2) is 0 Å². The zero-order chi connectivity index (χ0) is 15.2. The van der Waals surface area contributed by atoms with Crippen LogP contribution in [-0.4, -0.2) is 23.5 Å². The van der Waals surface area contributed by atoms with Crippen LogP contribution in [0.1, 0.15) is 15.9 Å². The van der Waals surface area contributed by atoms with Crippen LogP contribution >= 0.6 is 0 Å². The summed E-state index contributed by atoms with van der Waals surface area (Å²) in [7, 11) is 0. The molecule has 0 radical (unpaired) electrons. The first-order valence-corrected chi connectivity index (χ1v) is 6.49. The van der Waals surface area contributed by atoms with Crippen molar-refractivity contribution in [1.29, 1.82) is 0 Å². The van der Waals surface area contributed by atoms with E-state index in [1.54, 1.807) is 49.4 Å². The lowest BCUT2D eigenvalue weighted by Gasteiger charge is -2.10. The second-order valence-corrected chi connectivity index (χ2v) is 4.55. The van der Waals surface area contributed by atoms with Crippen LogP contribution in [0.5, 0.6) is 5.75 Å². The van der Waals surface area contributed by atoms with E-state index in [0.717, 1.165) is 0 Å². The van der Waals surface area contributed by atoms with E-state index in [-0.39, 0.29) is 24.1 Å². The highest BCUT2D eigenvalue weighted by molar-refractivity contribution is 5.99. The summed E-state index contributed by atoms with van der Waals surface area (Å²) in [6.45, 7) is 1.57. The van der Waals surface area contributed by atoms with Crippen molar-refractivity contribution in [3.05, 3.63) is 59.7 Å². The quantitative estimate of drug-likeness (QED) is 0.804. The standard InChI is InChI=1S/C16H16N2O3/c1-11-13(8-5-9-14(11)19)18-15(20)10-17-16(21)12-6-3-2-4-7-12/h2-9,19H,10H2,1H3,(H,17,21)(H,18,20). The molecule has 0 spiro atoms. The number of phenols is 1. The van der Waals surface area contributed by atoms with Crippen LogP contribution in [0.4, 0.5) is 5.69 Å². The Morgan fingerprint density at radius 3 is 2.48 bits per heavy atom. The summed E-state index contributed by atoms with van der Waals surface area (Å²) >= 11 is 0. The zero-order valence-electron chi connectivity index (χ0n) is 11.6. The van der Waals surface area contributed by atoms with Crippen LogP contribution in [0.3, 0.4) is 0 Å². The van der Waals surface area contributed by atoms with Crippen LogP contribution in [0.25, 0.3) is 0 Å². The first-order chi connectivity index (χ1) is 10.1. The summed E-state index contributed by atoms with van der Waals surface area (Å²) in [5, 5.41) is 14.7. The Morgan fingerprint density at radius 1 is 1.05 bits per heavy atom. The third-order valence-corrected chi connectivity index (χ3v) is 3.02. The Morgan fingerprint density at radius 2 is 1.76 bits per heavy atom. The van der Waals surface area contributed by atoms with Gasteiger partial charge in [-0.25, -0.2) is 0 Å². The van der Waals surface area contributed by atoms with Crippen molar-refractivity contribution in [2.24, 2.45) is 0 Å². The molecule has 2 rings (SSSR count). The number of aromatic hydroxyl groups is 1. The smallest absolute Gasteiger partial charge is 0.251 e. The van der Waals surface area contributed by atoms with Crippen LogP contribution in [0, 0.1) is 6.92 Å². The number of benzene rings is 2. The van der Waals surface area contributed by atoms with Gasteiger partial charge in [0.2, 0.25) is 5.91 Å². The summed E-state index contributed by atoms with van der Waals surface area (Å²) in [5.74, 6) is -0.549. The van der Waals surface area contributed by atoms with Crippen molar-refractivity contribution in [1.82, 2.24) is 5.32 Å². The Hall–Kier alpha value is -2.82. The molecule has 0 atom stereocenters. The number of hydrogen-bond donors (Lipinski definition) is 3. The van der Waals surface area contributed by atoms with Crippen LogP contribution in [0.2, 0.25) is 0 Å². The molecule has 0 fully saturated rings. The number of carbonyl (C=O) groups excluding carboxylic acids is 2. The maximum Gasteiger partial charge on any atom is 0.251 e. The van der Waals surface area contributed by atoms with Crippen LogP contribution in [0.15, 0.2) is 48.5 Å². The van der Waals surface area contributed by atoms with E-state index in [1.165, 1.54) is 0 Å². The van der Waals surface area contributed by atoms with Crippen LogP contribution < -0.4 is 10.6 Å². The number of rotatable bonds is 4. The average molecular weight is 284 g/mol. The van der Waals surface area contributed by atoms with Gasteiger partial charge in [-0.2, -0.15) is 0 Å². The topological polar surface area (TPSA) is 78.4 Å². The Balaban J connectivity index is 1.91. The molecular weight excluding hydrogens is 268 g/mol. The maximum absolute atomic E-state index is 11.8. The SMILES string of the molecule is Cc1c(O)cccc1NC(=O)CNC(=O)c1ccccc1. The maximum atomic E-state index is 11.8. The molecule has 0 bridgehead atoms. The second-order valence-electron chi connectivity index (χ2n) is 4.55. The van der Waals surface area contributed by atoms with Crippen molar-refractivity contribution in [3.63, 3.8) is 0 Å². The molecule has 2 aromatic carbocycles. The Bertz CT molecular complexity index is 654. The van der Waals surface area contributed by atoms with Crippen LogP contribution in [-0.2, 0) is 4.79 Å². The van der Waals surface area contributed by atoms with Gasteiger partial charge in [-0.1, -0.05) is 24.3 Å². The highest BCUT2D eigenvalue weighted by atomic mass is 16.3. The molecule has 21 heavy (non-hydrogen) atoms. The molecule has 0 aromatic heterocycles. The molecule has 5 nitrogen and oxygen atoms in total. The van der Waals surface area contributed by atoms with Crippen molar-refractivity contribution >= 4 is 17.5 Å². The van der Waals surface area contributed by atoms with E-state index in [1.807, 2.05) is 6.07 Å². The fourth-order valence-electron chi connectivity index (χ4n) is 1.81. The van der Waals surface area contributed by atoms with Gasteiger partial charge in [-0.3, -0.25) is 9.59 Å². The van der Waals surface area contributed by atoms with Crippen molar-refractivity contribution in [2.75, 3.05) is 11.9 Å². The minimum absolute atomic E-state index is 0.112. The molecule has 108 valence electrons. The van der Waals surface area contributed by atoms with Crippen molar-refractivity contribution < 1.29 is 14.7 Å². The molecule has 0 aliphatic rings. The van der Waals surface area contributed by atoms with Gasteiger partial charge >= 0.3 is 0 Å². The monoisotopic (exact) mass is 284 g/mol. The van der Waals surface area contributed by atoms with E-state index in [4.69, 9.17) is 0 Å². The summed E-state index contributed by atoms with van der Waals surface area (Å²) in [6.07, 6.45) is 0. The lowest BCUT2D eigenvalue weighted by molar-refractivity contribution is -0.115. The summed E-state index contributed by atoms with van der Waals surface area (Å²) in [5.41, 5.74) is 1.60. The van der Waals surface area contributed by atoms with Crippen molar-refractivity contribution in [3.8, 4) is 5.75 Å². The Kier molecular flexibility index (Phi) is 4.56. The minimum Gasteiger partial charge on any atom is -0.508 e. The zero-order valence-corrected chi connectivity index (χ0v) is 11.6. The second kappa shape index (κ2) is 6.56. The molecule has 0 aliphatic heterocycles. The normalized spacial score (nSPS) is 9.95. The molecule has 0 saturated heterocycles. The third-order valence-electron chi connectivity index (χ3n) is 3.02. The molecule has 0 heterocycles. The van der Waals surface area contributed by atoms with Gasteiger partial charge < -0.3 is 15.7 Å². The fraction of sp³-hybridized carbons (Fsp3) is 0.125. The number of hydrogen-bond acceptors (Lipinski definition) is 3. The molecule has 2 amide bonds. The number of phenolic OH excluding ortho intramolecular Hbond substituents is 1. The number of nitrogens with one attached hydrogen (secondary N) is 2. The molecule has 5 heteroatoms. The third kappa shape index (κ3) is 3.82. The van der Waals surface area contributed by atoms with E-state index in [0.29, 0.717) is 16.8 Å². The molecule has 3 N–H and O–H groups in total. The minimum atomic E-state index is -0.354.